The highest BCUT2D eigenvalue weighted by Gasteiger charge is 2.43. The van der Waals surface area contributed by atoms with Crippen molar-refractivity contribution in [2.45, 2.75) is 193 Å². The lowest BCUT2D eigenvalue weighted by atomic mass is 9.58. The van der Waals surface area contributed by atoms with E-state index in [9.17, 15) is 0 Å². The van der Waals surface area contributed by atoms with Gasteiger partial charge in [0.15, 0.2) is 0 Å². The van der Waals surface area contributed by atoms with Gasteiger partial charge in [0.25, 0.3) is 0 Å². The third-order valence-corrected chi connectivity index (χ3v) is 21.7. The van der Waals surface area contributed by atoms with Gasteiger partial charge in [0.1, 0.15) is 0 Å². The molecule has 71 heavy (non-hydrogen) atoms. The van der Waals surface area contributed by atoms with Gasteiger partial charge < -0.3 is 16.8 Å². The maximum atomic E-state index is 7.43. The van der Waals surface area contributed by atoms with Crippen LogP contribution >= 0.6 is 0 Å². The summed E-state index contributed by atoms with van der Waals surface area (Å²) in [5, 5.41) is 3.68. The molecule has 0 amide bonds. The van der Waals surface area contributed by atoms with Crippen LogP contribution in [0, 0.1) is 88.8 Å². The molecule has 0 aromatic heterocycles. The first-order chi connectivity index (χ1) is 34.8. The van der Waals surface area contributed by atoms with Crippen molar-refractivity contribution >= 4 is 11.4 Å². The molecule has 5 nitrogen and oxygen atoms in total. The van der Waals surface area contributed by atoms with Crippen LogP contribution in [-0.2, 0) is 0 Å². The number of hydrogen-bond acceptors (Lipinski definition) is 5. The minimum absolute atomic E-state index is 0.0823. The Morgan fingerprint density at radius 1 is 0.676 bits per heavy atom. The molecular formula is C66H95N5. The molecule has 5 heteroatoms. The van der Waals surface area contributed by atoms with Gasteiger partial charge in [-0.3, -0.25) is 9.98 Å². The molecular weight excluding hydrogens is 863 g/mol. The Bertz CT molecular complexity index is 2240. The standard InChI is InChI=1S/C66H95N5/c1-3-10-56(42-67)45-12-5-14-47(31-45)58-36-57(37-60(38-58)49-16-7-20-53(33-49)64-23-26-69-64)46-13-4-11-44(30-46)43(2)29-63(68)52-19-6-15-48(32-52)59-39-61(50-17-8-21-54(34-50)65-24-27-70-65)41-62(40-59)51-18-9-22-55(35-51)66-25-28-71-66/h8,17,23-27,29-30,32,41-42,45-47,49-55,57-60,62-63,71H,3-7,9-16,18-22,28,31,33-40,67-68H2,1-2H3/b43-29+,56-42+/t45?,46?,47?,49?,50?,51-,52?,53?,54?,55+,57+,58-,59?,60?,62-,63?/m1/s1. The van der Waals surface area contributed by atoms with Gasteiger partial charge in [-0.15, -0.1) is 0 Å². The van der Waals surface area contributed by atoms with Crippen molar-refractivity contribution < 1.29 is 0 Å². The molecule has 4 saturated carbocycles. The summed E-state index contributed by atoms with van der Waals surface area (Å²) < 4.78 is 0. The number of allylic oxidation sites excluding steroid dienone is 12. The summed E-state index contributed by atoms with van der Waals surface area (Å²) >= 11 is 0. The van der Waals surface area contributed by atoms with E-state index in [2.05, 4.69) is 78.8 Å². The van der Waals surface area contributed by atoms with E-state index in [-0.39, 0.29) is 6.04 Å². The third-order valence-electron chi connectivity index (χ3n) is 21.7. The van der Waals surface area contributed by atoms with Crippen LogP contribution in [0.3, 0.4) is 0 Å². The molecule has 384 valence electrons. The minimum Gasteiger partial charge on any atom is -0.405 e. The molecule has 11 unspecified atom stereocenters. The van der Waals surface area contributed by atoms with E-state index in [0.717, 1.165) is 54.4 Å². The molecule has 5 N–H and O–H groups in total. The summed E-state index contributed by atoms with van der Waals surface area (Å²) in [5.74, 6) is 10.8. The fourth-order valence-electron chi connectivity index (χ4n) is 17.6. The molecule has 0 saturated heterocycles. The zero-order valence-electron chi connectivity index (χ0n) is 44.5. The zero-order valence-corrected chi connectivity index (χ0v) is 44.5. The van der Waals surface area contributed by atoms with E-state index in [1.807, 2.05) is 18.6 Å². The second-order valence-corrected chi connectivity index (χ2v) is 25.8. The topological polar surface area (TPSA) is 88.8 Å². The van der Waals surface area contributed by atoms with E-state index in [1.165, 1.54) is 184 Å². The third kappa shape index (κ3) is 11.5. The average Bonchev–Trinajstić information content (AvgIpc) is 3.36. The Labute approximate surface area is 431 Å². The molecule has 3 heterocycles. The number of aliphatic imine (C=N–C) groups is 2. The van der Waals surface area contributed by atoms with Crippen LogP contribution in [0.1, 0.15) is 187 Å². The van der Waals surface area contributed by atoms with Gasteiger partial charge in [0.2, 0.25) is 0 Å². The second kappa shape index (κ2) is 23.0. The van der Waals surface area contributed by atoms with Crippen molar-refractivity contribution in [2.24, 2.45) is 110 Å². The van der Waals surface area contributed by atoms with Gasteiger partial charge in [0, 0.05) is 53.9 Å². The van der Waals surface area contributed by atoms with Crippen molar-refractivity contribution in [3.8, 4) is 0 Å². The maximum absolute atomic E-state index is 7.43. The highest BCUT2D eigenvalue weighted by atomic mass is 14.9. The predicted octanol–water partition coefficient (Wildman–Crippen LogP) is 15.8. The fraction of sp³-hybridized carbons (Fsp3) is 0.697. The van der Waals surface area contributed by atoms with Crippen molar-refractivity contribution in [1.29, 1.82) is 0 Å². The molecule has 8 aliphatic carbocycles. The van der Waals surface area contributed by atoms with Crippen molar-refractivity contribution in [2.75, 3.05) is 6.54 Å². The molecule has 0 radical (unpaired) electrons. The lowest BCUT2D eigenvalue weighted by Gasteiger charge is -2.47. The highest BCUT2D eigenvalue weighted by Crippen LogP contribution is 2.53. The molecule has 0 spiro atoms. The SMILES string of the molecule is CCC/C(=C\N)C1CCCC([C@H]2CC(C3CCCC(C4=NC=C4)C3)C[C@@H](C3C=C(/C(C)=C/C(N)C4C=C(C5CC(C6C=CCC(C7=NC=C7)C6)=C[C@H]([C@@H]6CCC[C@H](C7=CCN7)C6)C5)CCC4)CCC3)C2)C1. The van der Waals surface area contributed by atoms with Crippen LogP contribution in [-0.4, -0.2) is 24.0 Å². The van der Waals surface area contributed by atoms with Crippen LogP contribution < -0.4 is 16.8 Å². The van der Waals surface area contributed by atoms with Gasteiger partial charge in [0.05, 0.1) is 0 Å². The molecule has 11 rings (SSSR count). The van der Waals surface area contributed by atoms with Gasteiger partial charge >= 0.3 is 0 Å². The van der Waals surface area contributed by atoms with E-state index in [0.29, 0.717) is 47.3 Å². The van der Waals surface area contributed by atoms with Crippen molar-refractivity contribution in [3.63, 3.8) is 0 Å². The fourth-order valence-corrected chi connectivity index (χ4v) is 17.6. The summed E-state index contributed by atoms with van der Waals surface area (Å²) in [7, 11) is 0. The number of hydrogen-bond donors (Lipinski definition) is 3. The molecule has 0 bridgehead atoms. The van der Waals surface area contributed by atoms with Gasteiger partial charge in [-0.1, -0.05) is 104 Å². The van der Waals surface area contributed by atoms with E-state index in [1.54, 1.807) is 28.0 Å². The Hall–Kier alpha value is -3.44. The first-order valence-corrected chi connectivity index (χ1v) is 30.4. The average molecular weight is 959 g/mol. The molecule has 11 aliphatic rings. The molecule has 16 atom stereocenters. The van der Waals surface area contributed by atoms with Crippen LogP contribution in [0.25, 0.3) is 0 Å². The Morgan fingerprint density at radius 2 is 1.38 bits per heavy atom. The largest absolute Gasteiger partial charge is 0.405 e. The summed E-state index contributed by atoms with van der Waals surface area (Å²) in [5.41, 5.74) is 26.2. The van der Waals surface area contributed by atoms with Crippen LogP contribution in [0.5, 0.6) is 0 Å². The first kappa shape index (κ1) is 49.8. The quantitative estimate of drug-likeness (QED) is 0.143. The lowest BCUT2D eigenvalue weighted by Crippen LogP contribution is -2.38. The molecule has 4 fully saturated rings. The normalized spacial score (nSPS) is 40.3. The smallest absolute Gasteiger partial charge is 0.0453 e. The maximum Gasteiger partial charge on any atom is 0.0453 e. The van der Waals surface area contributed by atoms with Crippen molar-refractivity contribution in [1.82, 2.24) is 5.32 Å². The number of nitrogens with one attached hydrogen (secondary N) is 1. The number of nitrogens with two attached hydrogens (primary N) is 2. The summed E-state index contributed by atoms with van der Waals surface area (Å²) in [4.78, 5) is 9.42. The number of nitrogens with zero attached hydrogens (tertiary/aromatic N) is 2. The van der Waals surface area contributed by atoms with Crippen LogP contribution in [0.4, 0.5) is 0 Å². The summed E-state index contributed by atoms with van der Waals surface area (Å²) in [6.45, 7) is 5.83. The van der Waals surface area contributed by atoms with E-state index < -0.39 is 0 Å². The monoisotopic (exact) mass is 958 g/mol. The molecule has 0 aromatic carbocycles. The highest BCUT2D eigenvalue weighted by molar-refractivity contribution is 6.01. The number of rotatable bonds is 15. The van der Waals surface area contributed by atoms with Gasteiger partial charge in [-0.25, -0.2) is 0 Å². The summed E-state index contributed by atoms with van der Waals surface area (Å²) in [6, 6.07) is 0.0823. The van der Waals surface area contributed by atoms with Crippen LogP contribution in [0.15, 0.2) is 117 Å². The lowest BCUT2D eigenvalue weighted by molar-refractivity contribution is 0.0503. The summed E-state index contributed by atoms with van der Waals surface area (Å²) in [6.07, 6.45) is 65.1. The zero-order chi connectivity index (χ0) is 48.3. The van der Waals surface area contributed by atoms with E-state index in [4.69, 9.17) is 16.5 Å². The Kier molecular flexibility index (Phi) is 16.1. The van der Waals surface area contributed by atoms with Crippen LogP contribution in [0.2, 0.25) is 0 Å². The predicted molar refractivity (Wildman–Crippen MR) is 299 cm³/mol. The molecule has 0 aromatic rings. The van der Waals surface area contributed by atoms with Gasteiger partial charge in [-0.2, -0.15) is 0 Å². The Balaban J connectivity index is 0.792. The first-order valence-electron chi connectivity index (χ1n) is 30.4. The minimum atomic E-state index is 0.0823. The van der Waals surface area contributed by atoms with Crippen molar-refractivity contribution in [3.05, 3.63) is 107 Å². The second-order valence-electron chi connectivity index (χ2n) is 25.8. The molecule has 3 aliphatic heterocycles. The van der Waals surface area contributed by atoms with E-state index >= 15 is 0 Å². The van der Waals surface area contributed by atoms with Gasteiger partial charge in [-0.05, 0) is 249 Å². The Morgan fingerprint density at radius 3 is 2.11 bits per heavy atom.